The Morgan fingerprint density at radius 1 is 1.50 bits per heavy atom. The van der Waals surface area contributed by atoms with Gasteiger partial charge in [-0.05, 0) is 31.6 Å². The number of anilines is 2. The van der Waals surface area contributed by atoms with Crippen molar-refractivity contribution in [2.45, 2.75) is 24.5 Å². The van der Waals surface area contributed by atoms with Crippen LogP contribution in [0.15, 0.2) is 12.3 Å². The third-order valence-corrected chi connectivity index (χ3v) is 4.45. The molecule has 1 saturated heterocycles. The van der Waals surface area contributed by atoms with Gasteiger partial charge in [0.25, 0.3) is 0 Å². The summed E-state index contributed by atoms with van der Waals surface area (Å²) in [6.45, 7) is 1.94. The first kappa shape index (κ1) is 13.0. The van der Waals surface area contributed by atoms with Crippen molar-refractivity contribution in [1.82, 2.24) is 4.98 Å². The molecule has 0 bridgehead atoms. The largest absolute Gasteiger partial charge is 0.397 e. The maximum atomic E-state index is 9.17. The number of nitrogens with zero attached hydrogens (tertiary/aromatic N) is 3. The van der Waals surface area contributed by atoms with Crippen molar-refractivity contribution in [3.63, 3.8) is 0 Å². The van der Waals surface area contributed by atoms with Gasteiger partial charge < -0.3 is 10.6 Å². The molecule has 1 aromatic rings. The Bertz CT molecular complexity index is 455. The Kier molecular flexibility index (Phi) is 4.32. The molecule has 2 heterocycles. The van der Waals surface area contributed by atoms with Gasteiger partial charge in [-0.3, -0.25) is 0 Å². The topological polar surface area (TPSA) is 65.9 Å². The van der Waals surface area contributed by atoms with E-state index >= 15 is 0 Å². The summed E-state index contributed by atoms with van der Waals surface area (Å²) < 4.78 is 0. The van der Waals surface area contributed by atoms with Crippen LogP contribution in [0.5, 0.6) is 0 Å². The summed E-state index contributed by atoms with van der Waals surface area (Å²) in [5, 5.41) is 9.90. The number of pyridine rings is 1. The fourth-order valence-electron chi connectivity index (χ4n) is 2.32. The maximum absolute atomic E-state index is 9.17. The predicted octanol–water partition coefficient (Wildman–Crippen LogP) is 2.26. The highest BCUT2D eigenvalue weighted by Crippen LogP contribution is 2.26. The molecule has 2 rings (SSSR count). The molecule has 0 aliphatic carbocycles. The zero-order valence-electron chi connectivity index (χ0n) is 10.6. The second kappa shape index (κ2) is 5.96. The van der Waals surface area contributed by atoms with Gasteiger partial charge in [0.05, 0.1) is 17.4 Å². The lowest BCUT2D eigenvalue weighted by atomic mass is 10.2. The fourth-order valence-corrected chi connectivity index (χ4v) is 3.06. The van der Waals surface area contributed by atoms with E-state index in [2.05, 4.69) is 22.2 Å². The molecule has 0 radical (unpaired) electrons. The monoisotopic (exact) mass is 262 g/mol. The highest BCUT2D eigenvalue weighted by molar-refractivity contribution is 7.99. The quantitative estimate of drug-likeness (QED) is 0.885. The van der Waals surface area contributed by atoms with E-state index in [-0.39, 0.29) is 0 Å². The third-order valence-electron chi connectivity index (χ3n) is 3.32. The normalized spacial score (nSPS) is 20.2. The minimum absolute atomic E-state index is 0.548. The lowest BCUT2D eigenvalue weighted by Gasteiger charge is -2.22. The van der Waals surface area contributed by atoms with Gasteiger partial charge in [0.1, 0.15) is 11.9 Å². The van der Waals surface area contributed by atoms with Gasteiger partial charge in [0.2, 0.25) is 0 Å². The fraction of sp³-hybridized carbons (Fsp3) is 0.538. The molecule has 1 aliphatic heterocycles. The van der Waals surface area contributed by atoms with Crippen molar-refractivity contribution < 1.29 is 0 Å². The van der Waals surface area contributed by atoms with E-state index in [0.29, 0.717) is 11.3 Å². The number of aromatic nitrogens is 1. The molecule has 0 amide bonds. The van der Waals surface area contributed by atoms with E-state index in [1.165, 1.54) is 6.42 Å². The lowest BCUT2D eigenvalue weighted by molar-refractivity contribution is 0.745. The van der Waals surface area contributed by atoms with Crippen LogP contribution in [0.2, 0.25) is 0 Å². The Balaban J connectivity index is 2.19. The molecule has 1 aromatic heterocycles. The van der Waals surface area contributed by atoms with Crippen LogP contribution in [0.25, 0.3) is 0 Å². The highest BCUT2D eigenvalue weighted by Gasteiger charge is 2.19. The van der Waals surface area contributed by atoms with Crippen LogP contribution in [-0.4, -0.2) is 29.6 Å². The Morgan fingerprint density at radius 2 is 2.33 bits per heavy atom. The van der Waals surface area contributed by atoms with Crippen molar-refractivity contribution in [3.8, 4) is 6.07 Å². The van der Waals surface area contributed by atoms with Crippen LogP contribution < -0.4 is 10.6 Å². The number of hydrogen-bond donors (Lipinski definition) is 1. The van der Waals surface area contributed by atoms with Crippen molar-refractivity contribution in [2.75, 3.05) is 30.0 Å². The van der Waals surface area contributed by atoms with Crippen molar-refractivity contribution in [1.29, 1.82) is 5.26 Å². The molecule has 1 unspecified atom stereocenters. The SMILES string of the molecule is CSC1CCCN(c2ncc(N)cc2C#N)CC1. The van der Waals surface area contributed by atoms with Gasteiger partial charge in [-0.1, -0.05) is 0 Å². The zero-order valence-corrected chi connectivity index (χ0v) is 11.4. The van der Waals surface area contributed by atoms with Gasteiger partial charge in [-0.2, -0.15) is 17.0 Å². The highest BCUT2D eigenvalue weighted by atomic mass is 32.2. The molecular formula is C13H18N4S. The van der Waals surface area contributed by atoms with Crippen LogP contribution >= 0.6 is 11.8 Å². The Hall–Kier alpha value is -1.41. The molecule has 4 nitrogen and oxygen atoms in total. The van der Waals surface area contributed by atoms with Crippen LogP contribution in [0.1, 0.15) is 24.8 Å². The van der Waals surface area contributed by atoms with Gasteiger partial charge in [0, 0.05) is 18.3 Å². The van der Waals surface area contributed by atoms with Gasteiger partial charge in [0.15, 0.2) is 0 Å². The molecule has 5 heteroatoms. The molecule has 0 saturated carbocycles. The number of hydrogen-bond acceptors (Lipinski definition) is 5. The van der Waals surface area contributed by atoms with Gasteiger partial charge in [-0.15, -0.1) is 0 Å². The molecule has 0 spiro atoms. The molecule has 18 heavy (non-hydrogen) atoms. The first-order chi connectivity index (χ1) is 8.74. The molecule has 1 atom stereocenters. The smallest absolute Gasteiger partial charge is 0.146 e. The number of nitrogens with two attached hydrogens (primary N) is 1. The molecule has 1 aliphatic rings. The molecule has 96 valence electrons. The van der Waals surface area contributed by atoms with Crippen LogP contribution in [-0.2, 0) is 0 Å². The molecular weight excluding hydrogens is 244 g/mol. The zero-order chi connectivity index (χ0) is 13.0. The van der Waals surface area contributed by atoms with E-state index in [1.807, 2.05) is 11.8 Å². The number of thioether (sulfide) groups is 1. The van der Waals surface area contributed by atoms with Crippen molar-refractivity contribution >= 4 is 23.3 Å². The van der Waals surface area contributed by atoms with Crippen molar-refractivity contribution in [2.24, 2.45) is 0 Å². The summed E-state index contributed by atoms with van der Waals surface area (Å²) in [5.41, 5.74) is 6.80. The van der Waals surface area contributed by atoms with E-state index in [1.54, 1.807) is 12.3 Å². The Morgan fingerprint density at radius 3 is 3.06 bits per heavy atom. The number of nitriles is 1. The maximum Gasteiger partial charge on any atom is 0.146 e. The standard InChI is InChI=1S/C13H18N4S/c1-18-12-3-2-5-17(6-4-12)13-10(8-14)7-11(15)9-16-13/h7,9,12H,2-6,15H2,1H3. The molecule has 0 aromatic carbocycles. The summed E-state index contributed by atoms with van der Waals surface area (Å²) in [4.78, 5) is 6.55. The average molecular weight is 262 g/mol. The third kappa shape index (κ3) is 2.88. The second-order valence-corrected chi connectivity index (χ2v) is 5.67. The predicted molar refractivity (Wildman–Crippen MR) is 76.7 cm³/mol. The summed E-state index contributed by atoms with van der Waals surface area (Å²) >= 11 is 1.94. The minimum Gasteiger partial charge on any atom is -0.397 e. The first-order valence-electron chi connectivity index (χ1n) is 6.18. The van der Waals surface area contributed by atoms with E-state index in [0.717, 1.165) is 37.0 Å². The average Bonchev–Trinajstić information content (AvgIpc) is 2.63. The summed E-state index contributed by atoms with van der Waals surface area (Å²) in [6, 6.07) is 3.90. The van der Waals surface area contributed by atoms with E-state index < -0.39 is 0 Å². The minimum atomic E-state index is 0.548. The Labute approximate surface area is 112 Å². The van der Waals surface area contributed by atoms with Crippen LogP contribution in [0.3, 0.4) is 0 Å². The van der Waals surface area contributed by atoms with Gasteiger partial charge >= 0.3 is 0 Å². The van der Waals surface area contributed by atoms with Gasteiger partial charge in [-0.25, -0.2) is 4.98 Å². The van der Waals surface area contributed by atoms with Crippen LogP contribution in [0.4, 0.5) is 11.5 Å². The summed E-state index contributed by atoms with van der Waals surface area (Å²) in [7, 11) is 0. The van der Waals surface area contributed by atoms with E-state index in [9.17, 15) is 0 Å². The molecule has 1 fully saturated rings. The number of rotatable bonds is 2. The number of nitrogen functional groups attached to an aromatic ring is 1. The van der Waals surface area contributed by atoms with E-state index in [4.69, 9.17) is 11.0 Å². The second-order valence-electron chi connectivity index (χ2n) is 4.53. The van der Waals surface area contributed by atoms with Crippen molar-refractivity contribution in [3.05, 3.63) is 17.8 Å². The summed E-state index contributed by atoms with van der Waals surface area (Å²) in [5.74, 6) is 0.786. The molecule has 2 N–H and O–H groups in total. The van der Waals surface area contributed by atoms with Crippen LogP contribution in [0, 0.1) is 11.3 Å². The summed E-state index contributed by atoms with van der Waals surface area (Å²) in [6.07, 6.45) is 7.35. The first-order valence-corrected chi connectivity index (χ1v) is 7.46. The lowest BCUT2D eigenvalue weighted by Crippen LogP contribution is -2.26.